The number of nitrogens with zero attached hydrogens (tertiary/aromatic N) is 2. The van der Waals surface area contributed by atoms with Gasteiger partial charge in [-0.2, -0.15) is 0 Å². The summed E-state index contributed by atoms with van der Waals surface area (Å²) >= 11 is 1.06. The molecule has 1 amide bonds. The number of hydrogen-bond donors (Lipinski definition) is 2. The number of carboxylic acid groups (broad SMARTS) is 1. The highest BCUT2D eigenvalue weighted by molar-refractivity contribution is 7.08. The quantitative estimate of drug-likeness (QED) is 0.820. The maximum absolute atomic E-state index is 12.0. The van der Waals surface area contributed by atoms with Crippen molar-refractivity contribution in [1.82, 2.24) is 14.9 Å². The summed E-state index contributed by atoms with van der Waals surface area (Å²) in [6.07, 6.45) is 0.448. The van der Waals surface area contributed by atoms with Crippen LogP contribution in [0.25, 0.3) is 0 Å². The van der Waals surface area contributed by atoms with Crippen LogP contribution in [-0.2, 0) is 4.79 Å². The van der Waals surface area contributed by atoms with Gasteiger partial charge >= 0.3 is 5.97 Å². The largest absolute Gasteiger partial charge is 0.481 e. The summed E-state index contributed by atoms with van der Waals surface area (Å²) in [7, 11) is 0. The highest BCUT2D eigenvalue weighted by atomic mass is 32.1. The van der Waals surface area contributed by atoms with E-state index in [-0.39, 0.29) is 24.3 Å². The second-order valence-corrected chi connectivity index (χ2v) is 5.20. The second-order valence-electron chi connectivity index (χ2n) is 4.45. The molecular weight excluding hydrogens is 254 g/mol. The SMILES string of the molecule is CC(CCC(=O)O)NC(=O)c1snnc1C(C)C. The van der Waals surface area contributed by atoms with Gasteiger partial charge in [0.05, 0.1) is 5.69 Å². The molecule has 0 spiro atoms. The van der Waals surface area contributed by atoms with Crippen LogP contribution in [0, 0.1) is 0 Å². The molecule has 1 aromatic heterocycles. The Balaban J connectivity index is 2.59. The Labute approximate surface area is 110 Å². The Morgan fingerprint density at radius 3 is 2.61 bits per heavy atom. The first-order valence-electron chi connectivity index (χ1n) is 5.76. The van der Waals surface area contributed by atoms with E-state index >= 15 is 0 Å². The van der Waals surface area contributed by atoms with E-state index < -0.39 is 5.97 Å². The van der Waals surface area contributed by atoms with Gasteiger partial charge in [-0.05, 0) is 30.8 Å². The third-order valence-electron chi connectivity index (χ3n) is 2.44. The third kappa shape index (κ3) is 4.06. The minimum Gasteiger partial charge on any atom is -0.481 e. The molecule has 0 aliphatic heterocycles. The van der Waals surface area contributed by atoms with Crippen LogP contribution in [0.15, 0.2) is 0 Å². The van der Waals surface area contributed by atoms with Crippen molar-refractivity contribution in [3.63, 3.8) is 0 Å². The molecule has 0 saturated carbocycles. The summed E-state index contributed by atoms with van der Waals surface area (Å²) < 4.78 is 3.78. The fraction of sp³-hybridized carbons (Fsp3) is 0.636. The lowest BCUT2D eigenvalue weighted by Crippen LogP contribution is -2.33. The smallest absolute Gasteiger partial charge is 0.303 e. The van der Waals surface area contributed by atoms with Crippen LogP contribution in [0.5, 0.6) is 0 Å². The van der Waals surface area contributed by atoms with Crippen molar-refractivity contribution in [1.29, 1.82) is 0 Å². The van der Waals surface area contributed by atoms with E-state index in [0.717, 1.165) is 11.5 Å². The van der Waals surface area contributed by atoms with Gasteiger partial charge in [-0.15, -0.1) is 5.10 Å². The molecule has 0 fully saturated rings. The summed E-state index contributed by atoms with van der Waals surface area (Å²) in [4.78, 5) is 22.9. The van der Waals surface area contributed by atoms with Crippen LogP contribution in [0.4, 0.5) is 0 Å². The highest BCUT2D eigenvalue weighted by Crippen LogP contribution is 2.19. The molecule has 0 aliphatic rings. The van der Waals surface area contributed by atoms with Gasteiger partial charge in [-0.25, -0.2) is 0 Å². The van der Waals surface area contributed by atoms with E-state index in [2.05, 4.69) is 14.9 Å². The summed E-state index contributed by atoms with van der Waals surface area (Å²) in [5.74, 6) is -0.955. The zero-order valence-electron chi connectivity index (χ0n) is 10.6. The zero-order chi connectivity index (χ0) is 13.7. The third-order valence-corrected chi connectivity index (χ3v) is 3.18. The Hall–Kier alpha value is -1.50. The van der Waals surface area contributed by atoms with Crippen LogP contribution in [0.1, 0.15) is 54.9 Å². The predicted molar refractivity (Wildman–Crippen MR) is 67.8 cm³/mol. The van der Waals surface area contributed by atoms with Crippen molar-refractivity contribution < 1.29 is 14.7 Å². The standard InChI is InChI=1S/C11H17N3O3S/c1-6(2)9-10(18-14-13-9)11(17)12-7(3)4-5-8(15)16/h6-7H,4-5H2,1-3H3,(H,12,17)(H,15,16). The molecule has 0 radical (unpaired) electrons. The van der Waals surface area contributed by atoms with Gasteiger partial charge < -0.3 is 10.4 Å². The minimum absolute atomic E-state index is 0.0411. The van der Waals surface area contributed by atoms with Crippen LogP contribution < -0.4 is 5.32 Å². The Bertz CT molecular complexity index is 431. The zero-order valence-corrected chi connectivity index (χ0v) is 11.5. The molecule has 100 valence electrons. The number of carboxylic acids is 1. The number of carbonyl (C=O) groups is 2. The van der Waals surface area contributed by atoms with Crippen molar-refractivity contribution in [3.05, 3.63) is 10.6 Å². The van der Waals surface area contributed by atoms with E-state index in [1.165, 1.54) is 0 Å². The number of rotatable bonds is 6. The van der Waals surface area contributed by atoms with E-state index in [0.29, 0.717) is 17.0 Å². The van der Waals surface area contributed by atoms with Crippen LogP contribution in [-0.4, -0.2) is 32.6 Å². The maximum atomic E-state index is 12.0. The predicted octanol–water partition coefficient (Wildman–Crippen LogP) is 1.64. The van der Waals surface area contributed by atoms with Gasteiger partial charge in [0, 0.05) is 12.5 Å². The average molecular weight is 271 g/mol. The van der Waals surface area contributed by atoms with Gasteiger partial charge in [0.1, 0.15) is 4.88 Å². The van der Waals surface area contributed by atoms with Crippen molar-refractivity contribution in [2.75, 3.05) is 0 Å². The molecule has 1 heterocycles. The van der Waals surface area contributed by atoms with E-state index in [1.54, 1.807) is 6.92 Å². The normalized spacial score (nSPS) is 12.4. The van der Waals surface area contributed by atoms with Crippen molar-refractivity contribution in [3.8, 4) is 0 Å². The summed E-state index contributed by atoms with van der Waals surface area (Å²) in [5, 5.41) is 15.3. The number of aliphatic carboxylic acids is 1. The second kappa shape index (κ2) is 6.44. The van der Waals surface area contributed by atoms with E-state index in [1.807, 2.05) is 13.8 Å². The molecule has 0 saturated heterocycles. The van der Waals surface area contributed by atoms with Gasteiger partial charge in [-0.1, -0.05) is 18.3 Å². The first-order valence-corrected chi connectivity index (χ1v) is 6.54. The first kappa shape index (κ1) is 14.6. The molecule has 2 N–H and O–H groups in total. The molecule has 0 bridgehead atoms. The number of nitrogens with one attached hydrogen (secondary N) is 1. The van der Waals surface area contributed by atoms with Crippen molar-refractivity contribution in [2.45, 2.75) is 45.6 Å². The van der Waals surface area contributed by atoms with Gasteiger partial charge in [0.25, 0.3) is 5.91 Å². The molecular formula is C11H17N3O3S. The maximum Gasteiger partial charge on any atom is 0.303 e. The Morgan fingerprint density at radius 1 is 1.39 bits per heavy atom. The molecule has 1 aromatic rings. The fourth-order valence-electron chi connectivity index (χ4n) is 1.43. The Kier molecular flexibility index (Phi) is 5.21. The molecule has 7 heteroatoms. The molecule has 0 aromatic carbocycles. The average Bonchev–Trinajstić information content (AvgIpc) is 2.75. The lowest BCUT2D eigenvalue weighted by atomic mass is 10.1. The molecule has 1 atom stereocenters. The highest BCUT2D eigenvalue weighted by Gasteiger charge is 2.20. The molecule has 1 unspecified atom stereocenters. The first-order chi connectivity index (χ1) is 8.41. The number of carbonyl (C=O) groups excluding carboxylic acids is 1. The lowest BCUT2D eigenvalue weighted by molar-refractivity contribution is -0.137. The topological polar surface area (TPSA) is 92.2 Å². The number of aromatic nitrogens is 2. The lowest BCUT2D eigenvalue weighted by Gasteiger charge is -2.12. The van der Waals surface area contributed by atoms with E-state index in [9.17, 15) is 9.59 Å². The summed E-state index contributed by atoms with van der Waals surface area (Å²) in [6, 6.07) is -0.185. The van der Waals surface area contributed by atoms with E-state index in [4.69, 9.17) is 5.11 Å². The monoisotopic (exact) mass is 271 g/mol. The molecule has 1 rings (SSSR count). The van der Waals surface area contributed by atoms with Gasteiger partial charge in [-0.3, -0.25) is 9.59 Å². The minimum atomic E-state index is -0.863. The number of hydrogen-bond acceptors (Lipinski definition) is 5. The summed E-state index contributed by atoms with van der Waals surface area (Å²) in [6.45, 7) is 5.67. The summed E-state index contributed by atoms with van der Waals surface area (Å²) in [5.41, 5.74) is 0.683. The van der Waals surface area contributed by atoms with Crippen LogP contribution in [0.3, 0.4) is 0 Å². The van der Waals surface area contributed by atoms with Crippen molar-refractivity contribution >= 4 is 23.4 Å². The number of amides is 1. The van der Waals surface area contributed by atoms with Gasteiger partial charge in [0.2, 0.25) is 0 Å². The van der Waals surface area contributed by atoms with Crippen LogP contribution in [0.2, 0.25) is 0 Å². The molecule has 6 nitrogen and oxygen atoms in total. The molecule has 18 heavy (non-hydrogen) atoms. The van der Waals surface area contributed by atoms with Crippen LogP contribution >= 0.6 is 11.5 Å². The molecule has 0 aliphatic carbocycles. The fourth-order valence-corrected chi connectivity index (χ4v) is 2.16. The van der Waals surface area contributed by atoms with Gasteiger partial charge in [0.15, 0.2) is 0 Å². The Morgan fingerprint density at radius 2 is 2.06 bits per heavy atom. The van der Waals surface area contributed by atoms with Crippen molar-refractivity contribution in [2.24, 2.45) is 0 Å².